The molecule has 18 heavy (non-hydrogen) atoms. The minimum absolute atomic E-state index is 0.0423. The van der Waals surface area contributed by atoms with Crippen LogP contribution in [0, 0.1) is 5.92 Å². The molecule has 0 aromatic carbocycles. The van der Waals surface area contributed by atoms with Crippen molar-refractivity contribution in [1.82, 2.24) is 4.72 Å². The first kappa shape index (κ1) is 13.3. The topological polar surface area (TPSA) is 63.2 Å². The van der Waals surface area contributed by atoms with E-state index in [4.69, 9.17) is 0 Å². The maximum absolute atomic E-state index is 11.7. The van der Waals surface area contributed by atoms with Crippen molar-refractivity contribution >= 4 is 27.3 Å². The van der Waals surface area contributed by atoms with E-state index < -0.39 is 10.0 Å². The maximum Gasteiger partial charge on any atom is 0.237 e. The third kappa shape index (κ3) is 3.68. The third-order valence-corrected chi connectivity index (χ3v) is 5.02. The Balaban J connectivity index is 1.85. The van der Waals surface area contributed by atoms with Gasteiger partial charge in [-0.3, -0.25) is 9.52 Å². The van der Waals surface area contributed by atoms with Crippen molar-refractivity contribution in [2.75, 3.05) is 5.75 Å². The van der Waals surface area contributed by atoms with Gasteiger partial charge in [-0.25, -0.2) is 8.42 Å². The van der Waals surface area contributed by atoms with Crippen molar-refractivity contribution in [3.8, 4) is 0 Å². The average molecular weight is 285 g/mol. The summed E-state index contributed by atoms with van der Waals surface area (Å²) in [6, 6.07) is 3.78. The van der Waals surface area contributed by atoms with E-state index in [2.05, 4.69) is 4.72 Å². The lowest BCUT2D eigenvalue weighted by atomic mass is 10.1. The molecule has 0 spiro atoms. The van der Waals surface area contributed by atoms with Crippen LogP contribution in [0.1, 0.15) is 17.7 Å². The Morgan fingerprint density at radius 3 is 2.72 bits per heavy atom. The van der Waals surface area contributed by atoms with Crippen LogP contribution in [-0.2, 0) is 21.2 Å². The minimum atomic E-state index is -3.51. The molecular formula is C12H15NO3S2. The smallest absolute Gasteiger partial charge is 0.237 e. The van der Waals surface area contributed by atoms with E-state index >= 15 is 0 Å². The van der Waals surface area contributed by atoms with E-state index in [0.29, 0.717) is 19.3 Å². The van der Waals surface area contributed by atoms with Gasteiger partial charge in [-0.2, -0.15) is 0 Å². The Bertz CT molecular complexity index is 524. The Morgan fingerprint density at radius 1 is 1.39 bits per heavy atom. The molecular weight excluding hydrogens is 270 g/mol. The van der Waals surface area contributed by atoms with Crippen molar-refractivity contribution in [3.63, 3.8) is 0 Å². The molecule has 0 fully saturated rings. The summed E-state index contributed by atoms with van der Waals surface area (Å²) >= 11 is 1.52. The van der Waals surface area contributed by atoms with Crippen LogP contribution in [0.2, 0.25) is 0 Å². The second kappa shape index (κ2) is 5.67. The van der Waals surface area contributed by atoms with Crippen molar-refractivity contribution in [2.45, 2.75) is 19.3 Å². The molecule has 0 radical (unpaired) electrons. The first-order valence-corrected chi connectivity index (χ1v) is 8.32. The van der Waals surface area contributed by atoms with E-state index in [9.17, 15) is 13.2 Å². The molecule has 1 N–H and O–H groups in total. The van der Waals surface area contributed by atoms with Crippen LogP contribution in [-0.4, -0.2) is 20.1 Å². The quantitative estimate of drug-likeness (QED) is 0.838. The van der Waals surface area contributed by atoms with Crippen LogP contribution >= 0.6 is 11.3 Å². The number of nitrogens with one attached hydrogen (secondary N) is 1. The largest absolute Gasteiger partial charge is 0.274 e. The molecule has 6 heteroatoms. The fourth-order valence-corrected chi connectivity index (χ4v) is 3.71. The molecule has 1 aliphatic rings. The zero-order chi connectivity index (χ0) is 13.0. The molecule has 98 valence electrons. The molecule has 0 saturated carbocycles. The zero-order valence-corrected chi connectivity index (χ0v) is 11.5. The molecule has 0 saturated heterocycles. The van der Waals surface area contributed by atoms with Crippen molar-refractivity contribution in [2.24, 2.45) is 5.92 Å². The van der Waals surface area contributed by atoms with Gasteiger partial charge in [-0.15, -0.1) is 11.3 Å². The van der Waals surface area contributed by atoms with E-state index in [1.807, 2.05) is 29.7 Å². The van der Waals surface area contributed by atoms with Gasteiger partial charge in [0.25, 0.3) is 0 Å². The van der Waals surface area contributed by atoms with E-state index in [-0.39, 0.29) is 17.6 Å². The van der Waals surface area contributed by atoms with Gasteiger partial charge in [0.05, 0.1) is 5.75 Å². The molecule has 0 unspecified atom stereocenters. The summed E-state index contributed by atoms with van der Waals surface area (Å²) in [6.45, 7) is 0. The normalized spacial score (nSPS) is 16.0. The summed E-state index contributed by atoms with van der Waals surface area (Å²) in [5, 5.41) is 1.91. The van der Waals surface area contributed by atoms with Crippen molar-refractivity contribution in [3.05, 3.63) is 34.5 Å². The van der Waals surface area contributed by atoms with Gasteiger partial charge in [0.15, 0.2) is 0 Å². The second-order valence-electron chi connectivity index (χ2n) is 4.25. The van der Waals surface area contributed by atoms with E-state index in [0.717, 1.165) is 4.88 Å². The minimum Gasteiger partial charge on any atom is -0.274 e. The summed E-state index contributed by atoms with van der Waals surface area (Å²) in [5.41, 5.74) is 0. The number of carbonyl (C=O) groups is 1. The van der Waals surface area contributed by atoms with E-state index in [1.54, 1.807) is 0 Å². The maximum atomic E-state index is 11.7. The van der Waals surface area contributed by atoms with E-state index in [1.165, 1.54) is 11.3 Å². The number of aryl methyl sites for hydroxylation is 1. The third-order valence-electron chi connectivity index (χ3n) is 2.83. The molecule has 2 rings (SSSR count). The first-order valence-electron chi connectivity index (χ1n) is 5.78. The number of allylic oxidation sites excluding steroid dienone is 2. The van der Waals surface area contributed by atoms with Gasteiger partial charge in [-0.1, -0.05) is 18.2 Å². The number of sulfonamides is 1. The zero-order valence-electron chi connectivity index (χ0n) is 9.83. The average Bonchev–Trinajstić information content (AvgIpc) is 2.99. The molecule has 1 aliphatic carbocycles. The summed E-state index contributed by atoms with van der Waals surface area (Å²) in [4.78, 5) is 12.7. The molecule has 1 aromatic heterocycles. The highest BCUT2D eigenvalue weighted by Gasteiger charge is 2.23. The molecule has 0 bridgehead atoms. The molecule has 1 heterocycles. The first-order chi connectivity index (χ1) is 8.57. The predicted octanol–water partition coefficient (Wildman–Crippen LogP) is 1.70. The monoisotopic (exact) mass is 285 g/mol. The Morgan fingerprint density at radius 2 is 2.11 bits per heavy atom. The highest BCUT2D eigenvalue weighted by atomic mass is 32.2. The lowest BCUT2D eigenvalue weighted by Crippen LogP contribution is -2.36. The van der Waals surface area contributed by atoms with Crippen LogP contribution in [0.25, 0.3) is 0 Å². The van der Waals surface area contributed by atoms with Crippen LogP contribution in [0.5, 0.6) is 0 Å². The highest BCUT2D eigenvalue weighted by molar-refractivity contribution is 7.90. The molecule has 0 aliphatic heterocycles. The fourth-order valence-electron chi connectivity index (χ4n) is 1.81. The van der Waals surface area contributed by atoms with Gasteiger partial charge in [0.2, 0.25) is 15.9 Å². The van der Waals surface area contributed by atoms with Crippen molar-refractivity contribution in [1.29, 1.82) is 0 Å². The van der Waals surface area contributed by atoms with Gasteiger partial charge >= 0.3 is 0 Å². The lowest BCUT2D eigenvalue weighted by molar-refractivity contribution is -0.122. The van der Waals surface area contributed by atoms with Crippen LogP contribution in [0.15, 0.2) is 29.7 Å². The molecule has 4 nitrogen and oxygen atoms in total. The number of hydrogen-bond donors (Lipinski definition) is 1. The van der Waals surface area contributed by atoms with Gasteiger partial charge < -0.3 is 0 Å². The van der Waals surface area contributed by atoms with Gasteiger partial charge in [0, 0.05) is 10.8 Å². The molecule has 1 aromatic rings. The Labute approximate surface area is 111 Å². The van der Waals surface area contributed by atoms with Gasteiger partial charge in [0.1, 0.15) is 0 Å². The predicted molar refractivity (Wildman–Crippen MR) is 71.8 cm³/mol. The summed E-state index contributed by atoms with van der Waals surface area (Å²) in [7, 11) is -3.51. The summed E-state index contributed by atoms with van der Waals surface area (Å²) in [5.74, 6) is -0.646. The van der Waals surface area contributed by atoms with Crippen molar-refractivity contribution < 1.29 is 13.2 Å². The van der Waals surface area contributed by atoms with Crippen LogP contribution in [0.4, 0.5) is 0 Å². The van der Waals surface area contributed by atoms with Crippen LogP contribution in [0.3, 0.4) is 0 Å². The second-order valence-corrected chi connectivity index (χ2v) is 7.13. The number of thiophene rings is 1. The molecule has 0 atom stereocenters. The van der Waals surface area contributed by atoms with Gasteiger partial charge in [-0.05, 0) is 30.7 Å². The number of amides is 1. The Hall–Kier alpha value is -1.14. The fraction of sp³-hybridized carbons (Fsp3) is 0.417. The number of hydrogen-bond acceptors (Lipinski definition) is 4. The van der Waals surface area contributed by atoms with Crippen LogP contribution < -0.4 is 4.72 Å². The number of carbonyl (C=O) groups excluding carboxylic acids is 1. The SMILES string of the molecule is O=C(NS(=O)(=O)CCc1cccs1)C1CC=CC1. The summed E-state index contributed by atoms with van der Waals surface area (Å²) < 4.78 is 25.6. The standard InChI is InChI=1S/C12H15NO3S2/c14-12(10-4-1-2-5-10)13-18(15,16)9-7-11-6-3-8-17-11/h1-3,6,8,10H,4-5,7,9H2,(H,13,14). The summed E-state index contributed by atoms with van der Waals surface area (Å²) in [6.07, 6.45) is 5.52. The number of rotatable bonds is 5. The Kier molecular flexibility index (Phi) is 4.19. The molecule has 1 amide bonds. The highest BCUT2D eigenvalue weighted by Crippen LogP contribution is 2.18. The lowest BCUT2D eigenvalue weighted by Gasteiger charge is -2.10.